The molecule has 1 unspecified atom stereocenters. The molecule has 0 aromatic heterocycles. The number of hydrogen-bond donors (Lipinski definition) is 0. The number of nitrogens with zero attached hydrogens (tertiary/aromatic N) is 2. The number of carbonyl (C=O) groups is 3. The molecule has 1 saturated carbocycles. The Kier molecular flexibility index (Phi) is 6.54. The van der Waals surface area contributed by atoms with Crippen molar-refractivity contribution in [2.24, 2.45) is 5.41 Å². The number of piperidine rings is 1. The first-order valence-electron chi connectivity index (χ1n) is 12.0. The number of esters is 1. The molecule has 2 heterocycles. The van der Waals surface area contributed by atoms with Gasteiger partial charge in [-0.05, 0) is 70.5 Å². The number of ketones is 1. The summed E-state index contributed by atoms with van der Waals surface area (Å²) in [7, 11) is 1.36. The van der Waals surface area contributed by atoms with Crippen LogP contribution in [0.3, 0.4) is 0 Å². The summed E-state index contributed by atoms with van der Waals surface area (Å²) < 4.78 is 10.5. The van der Waals surface area contributed by atoms with Gasteiger partial charge in [0.15, 0.2) is 0 Å². The van der Waals surface area contributed by atoms with Crippen LogP contribution in [-0.2, 0) is 19.1 Å². The van der Waals surface area contributed by atoms with Gasteiger partial charge in [-0.2, -0.15) is 0 Å². The summed E-state index contributed by atoms with van der Waals surface area (Å²) in [6, 6.07) is 9.63. The van der Waals surface area contributed by atoms with E-state index in [1.807, 2.05) is 39.0 Å². The molecule has 3 fully saturated rings. The topological polar surface area (TPSA) is 76.2 Å². The van der Waals surface area contributed by atoms with E-state index in [-0.39, 0.29) is 17.4 Å². The molecular formula is C26H36N2O5. The third-order valence-corrected chi connectivity index (χ3v) is 7.63. The average molecular weight is 457 g/mol. The highest BCUT2D eigenvalue weighted by Gasteiger charge is 2.51. The first kappa shape index (κ1) is 23.7. The molecule has 0 N–H and O–H groups in total. The minimum atomic E-state index is -0.630. The number of hydrogen-bond acceptors (Lipinski definition) is 6. The quantitative estimate of drug-likeness (QED) is 0.645. The molecule has 1 aliphatic carbocycles. The van der Waals surface area contributed by atoms with E-state index in [4.69, 9.17) is 9.47 Å². The molecule has 3 atom stereocenters. The van der Waals surface area contributed by atoms with Crippen LogP contribution in [0.25, 0.3) is 0 Å². The molecule has 4 rings (SSSR count). The summed E-state index contributed by atoms with van der Waals surface area (Å²) >= 11 is 0. The zero-order valence-corrected chi connectivity index (χ0v) is 20.2. The lowest BCUT2D eigenvalue weighted by atomic mass is 9.68. The highest BCUT2D eigenvalue weighted by molar-refractivity contribution is 5.89. The van der Waals surface area contributed by atoms with E-state index in [2.05, 4.69) is 17.0 Å². The maximum atomic E-state index is 12.8. The Morgan fingerprint density at radius 1 is 1.06 bits per heavy atom. The monoisotopic (exact) mass is 456 g/mol. The maximum absolute atomic E-state index is 12.8. The van der Waals surface area contributed by atoms with Crippen molar-refractivity contribution >= 4 is 17.8 Å². The number of methoxy groups -OCH3 is 1. The number of likely N-dealkylation sites (tertiary alicyclic amines) is 2. The number of Topliss-reactive ketones (excluding diaryl/α,β-unsaturated/α-hetero) is 1. The molecule has 2 aliphatic heterocycles. The van der Waals surface area contributed by atoms with Gasteiger partial charge in [0.25, 0.3) is 0 Å². The van der Waals surface area contributed by atoms with Gasteiger partial charge >= 0.3 is 12.1 Å². The average Bonchev–Trinajstić information content (AvgIpc) is 3.36. The number of ether oxygens (including phenoxy) is 2. The number of amides is 1. The van der Waals surface area contributed by atoms with Crippen LogP contribution in [0.1, 0.15) is 64.4 Å². The fourth-order valence-corrected chi connectivity index (χ4v) is 6.02. The fraction of sp³-hybridized carbons (Fsp3) is 0.654. The smallest absolute Gasteiger partial charge is 0.411 e. The molecule has 0 radical (unpaired) electrons. The lowest BCUT2D eigenvalue weighted by Gasteiger charge is -2.44. The number of rotatable bonds is 3. The highest BCUT2D eigenvalue weighted by Crippen LogP contribution is 2.54. The van der Waals surface area contributed by atoms with Crippen LogP contribution in [0.15, 0.2) is 30.3 Å². The lowest BCUT2D eigenvalue weighted by molar-refractivity contribution is -0.145. The highest BCUT2D eigenvalue weighted by atomic mass is 16.6. The van der Waals surface area contributed by atoms with Crippen LogP contribution in [0.4, 0.5) is 4.79 Å². The van der Waals surface area contributed by atoms with Crippen LogP contribution < -0.4 is 0 Å². The maximum Gasteiger partial charge on any atom is 0.411 e. The molecule has 1 aromatic rings. The Bertz CT molecular complexity index is 886. The standard InChI is InChI=1S/C26H36N2O5/c1-25(2,3)33-24(31)28-17-19(16-20(28)23(30)32-4)27-14-12-26(13-15-27)11-10-21(29)22(26)18-8-6-5-7-9-18/h5-9,19-20,22H,10-17H2,1-4H3/t19-,20-,22?/m0/s1. The molecule has 2 saturated heterocycles. The minimum Gasteiger partial charge on any atom is -0.467 e. The van der Waals surface area contributed by atoms with Crippen molar-refractivity contribution in [1.29, 1.82) is 0 Å². The van der Waals surface area contributed by atoms with Crippen molar-refractivity contribution in [3.05, 3.63) is 35.9 Å². The van der Waals surface area contributed by atoms with Crippen molar-refractivity contribution in [2.75, 3.05) is 26.7 Å². The molecule has 1 amide bonds. The Balaban J connectivity index is 1.45. The van der Waals surface area contributed by atoms with E-state index >= 15 is 0 Å². The lowest BCUT2D eigenvalue weighted by Crippen LogP contribution is -2.48. The van der Waals surface area contributed by atoms with Crippen molar-refractivity contribution in [1.82, 2.24) is 9.80 Å². The zero-order chi connectivity index (χ0) is 23.8. The van der Waals surface area contributed by atoms with E-state index in [0.29, 0.717) is 25.2 Å². The predicted octanol–water partition coefficient (Wildman–Crippen LogP) is 3.77. The Morgan fingerprint density at radius 3 is 2.33 bits per heavy atom. The van der Waals surface area contributed by atoms with Crippen molar-refractivity contribution in [2.45, 2.75) is 76.5 Å². The van der Waals surface area contributed by atoms with Crippen molar-refractivity contribution in [3.63, 3.8) is 0 Å². The Morgan fingerprint density at radius 2 is 1.73 bits per heavy atom. The second-order valence-corrected chi connectivity index (χ2v) is 10.8. The molecular weight excluding hydrogens is 420 g/mol. The molecule has 7 nitrogen and oxygen atoms in total. The summed E-state index contributed by atoms with van der Waals surface area (Å²) in [5.74, 6) is -0.0646. The summed E-state index contributed by atoms with van der Waals surface area (Å²) in [6.45, 7) is 7.63. The van der Waals surface area contributed by atoms with E-state index < -0.39 is 23.7 Å². The Hall–Kier alpha value is -2.41. The largest absolute Gasteiger partial charge is 0.467 e. The van der Waals surface area contributed by atoms with Gasteiger partial charge in [-0.15, -0.1) is 0 Å². The fourth-order valence-electron chi connectivity index (χ4n) is 6.02. The summed E-state index contributed by atoms with van der Waals surface area (Å²) in [5.41, 5.74) is 0.519. The molecule has 33 heavy (non-hydrogen) atoms. The Labute approximate surface area is 196 Å². The van der Waals surface area contributed by atoms with Gasteiger partial charge in [-0.25, -0.2) is 9.59 Å². The molecule has 3 aliphatic rings. The predicted molar refractivity (Wildman–Crippen MR) is 124 cm³/mol. The first-order valence-corrected chi connectivity index (χ1v) is 12.0. The van der Waals surface area contributed by atoms with Gasteiger partial charge in [0.2, 0.25) is 0 Å². The zero-order valence-electron chi connectivity index (χ0n) is 20.2. The van der Waals surface area contributed by atoms with Crippen LogP contribution in [0, 0.1) is 5.41 Å². The first-order chi connectivity index (χ1) is 15.6. The summed E-state index contributed by atoms with van der Waals surface area (Å²) in [4.78, 5) is 42.0. The third-order valence-electron chi connectivity index (χ3n) is 7.63. The summed E-state index contributed by atoms with van der Waals surface area (Å²) in [6.07, 6.45) is 3.56. The van der Waals surface area contributed by atoms with Crippen LogP contribution in [0.5, 0.6) is 0 Å². The molecule has 180 valence electrons. The van der Waals surface area contributed by atoms with Gasteiger partial charge in [0.1, 0.15) is 17.4 Å². The van der Waals surface area contributed by atoms with Gasteiger partial charge < -0.3 is 9.47 Å². The van der Waals surface area contributed by atoms with Crippen molar-refractivity contribution < 1.29 is 23.9 Å². The molecule has 1 spiro atoms. The van der Waals surface area contributed by atoms with Crippen LogP contribution in [-0.4, -0.2) is 72.1 Å². The summed E-state index contributed by atoms with van der Waals surface area (Å²) in [5, 5.41) is 0. The SMILES string of the molecule is COC(=O)[C@@H]1C[C@H](N2CCC3(CCC(=O)C3c3ccccc3)CC2)CN1C(=O)OC(C)(C)C. The van der Waals surface area contributed by atoms with E-state index in [0.717, 1.165) is 37.9 Å². The minimum absolute atomic E-state index is 0.0140. The van der Waals surface area contributed by atoms with E-state index in [1.165, 1.54) is 12.0 Å². The normalized spacial score (nSPS) is 27.7. The van der Waals surface area contributed by atoms with E-state index in [1.54, 1.807) is 0 Å². The van der Waals surface area contributed by atoms with Gasteiger partial charge in [0.05, 0.1) is 7.11 Å². The van der Waals surface area contributed by atoms with E-state index in [9.17, 15) is 14.4 Å². The molecule has 0 bridgehead atoms. The van der Waals surface area contributed by atoms with Crippen LogP contribution >= 0.6 is 0 Å². The number of benzene rings is 1. The molecule has 7 heteroatoms. The van der Waals surface area contributed by atoms with Gasteiger partial charge in [-0.3, -0.25) is 14.6 Å². The third kappa shape index (κ3) is 4.79. The van der Waals surface area contributed by atoms with Crippen molar-refractivity contribution in [3.8, 4) is 0 Å². The second-order valence-electron chi connectivity index (χ2n) is 10.8. The van der Waals surface area contributed by atoms with Gasteiger partial charge in [-0.1, -0.05) is 30.3 Å². The molecule has 1 aromatic carbocycles. The number of carbonyl (C=O) groups excluding carboxylic acids is 3. The second kappa shape index (κ2) is 9.09. The van der Waals surface area contributed by atoms with Crippen LogP contribution in [0.2, 0.25) is 0 Å². The van der Waals surface area contributed by atoms with Gasteiger partial charge in [0, 0.05) is 24.9 Å².